The van der Waals surface area contributed by atoms with Crippen molar-refractivity contribution in [1.82, 2.24) is 5.32 Å². The smallest absolute Gasteiger partial charge is 0.255 e. The second-order valence-corrected chi connectivity index (χ2v) is 3.31. The quantitative estimate of drug-likeness (QED) is 0.667. The van der Waals surface area contributed by atoms with E-state index in [4.69, 9.17) is 0 Å². The minimum absolute atomic E-state index is 0.0134. The van der Waals surface area contributed by atoms with E-state index in [-0.39, 0.29) is 12.0 Å². The number of hydrogen-bond acceptors (Lipinski definition) is 1. The Morgan fingerprint density at radius 3 is 2.00 bits per heavy atom. The molecule has 0 aliphatic carbocycles. The lowest BCUT2D eigenvalue weighted by Crippen LogP contribution is -2.38. The molecule has 0 aliphatic heterocycles. The minimum Gasteiger partial charge on any atom is -0.351 e. The molecule has 0 unspecified atom stereocenters. The van der Waals surface area contributed by atoms with Gasteiger partial charge in [-0.15, -0.1) is 0 Å². The Hall–Kier alpha value is -0.600. The van der Waals surface area contributed by atoms with Crippen molar-refractivity contribution >= 4 is 5.91 Å². The molecular weight excluding hydrogens is 145 g/mol. The average Bonchev–Trinajstić information content (AvgIpc) is 1.84. The molecule has 0 saturated carbocycles. The van der Waals surface area contributed by atoms with Crippen molar-refractivity contribution in [3.8, 4) is 0 Å². The van der Waals surface area contributed by atoms with Gasteiger partial charge in [0.25, 0.3) is 5.91 Å². The van der Waals surface area contributed by atoms with Crippen LogP contribution in [0.2, 0.25) is 0 Å². The monoisotopic (exact) mass is 161 g/mol. The third-order valence-corrected chi connectivity index (χ3v) is 1.27. The van der Waals surface area contributed by atoms with Crippen LogP contribution in [-0.2, 0) is 4.79 Å². The van der Waals surface area contributed by atoms with Crippen molar-refractivity contribution in [2.24, 2.45) is 5.92 Å². The van der Waals surface area contributed by atoms with Crippen LogP contribution in [0.5, 0.6) is 0 Å². The lowest BCUT2D eigenvalue weighted by molar-refractivity contribution is -0.127. The summed E-state index contributed by atoms with van der Waals surface area (Å²) in [6.45, 7) is 6.99. The molecule has 1 N–H and O–H groups in total. The van der Waals surface area contributed by atoms with Crippen molar-refractivity contribution < 1.29 is 9.18 Å². The van der Waals surface area contributed by atoms with Crippen LogP contribution in [0.15, 0.2) is 0 Å². The number of carbonyl (C=O) groups is 1. The van der Waals surface area contributed by atoms with Gasteiger partial charge in [0.05, 0.1) is 0 Å². The number of nitrogens with one attached hydrogen (secondary N) is 1. The van der Waals surface area contributed by atoms with E-state index in [1.807, 2.05) is 13.8 Å². The molecule has 11 heavy (non-hydrogen) atoms. The summed E-state index contributed by atoms with van der Waals surface area (Å²) in [5, 5.41) is 2.51. The molecular formula is C8H16FNO. The molecule has 0 aromatic carbocycles. The van der Waals surface area contributed by atoms with E-state index in [9.17, 15) is 9.18 Å². The van der Waals surface area contributed by atoms with Gasteiger partial charge in [-0.05, 0) is 19.8 Å². The van der Waals surface area contributed by atoms with Crippen molar-refractivity contribution in [2.45, 2.75) is 39.9 Å². The number of rotatable bonds is 3. The van der Waals surface area contributed by atoms with Crippen molar-refractivity contribution in [1.29, 1.82) is 0 Å². The summed E-state index contributed by atoms with van der Waals surface area (Å²) in [6, 6.07) is 0.0134. The molecule has 0 aromatic rings. The van der Waals surface area contributed by atoms with Crippen LogP contribution in [0.3, 0.4) is 0 Å². The Labute approximate surface area is 67.2 Å². The molecule has 66 valence electrons. The standard InChI is InChI=1S/C8H16FNO/c1-5(2)7(9)8(11)10-6(3)4/h5-7H,1-4H3,(H,10,11)/t7-/m0/s1. The Bertz CT molecular complexity index is 134. The van der Waals surface area contributed by atoms with E-state index in [1.165, 1.54) is 0 Å². The highest BCUT2D eigenvalue weighted by Gasteiger charge is 2.20. The Balaban J connectivity index is 3.83. The Morgan fingerprint density at radius 2 is 1.73 bits per heavy atom. The van der Waals surface area contributed by atoms with E-state index >= 15 is 0 Å². The maximum absolute atomic E-state index is 12.9. The van der Waals surface area contributed by atoms with Crippen molar-refractivity contribution in [3.05, 3.63) is 0 Å². The molecule has 0 aliphatic rings. The zero-order chi connectivity index (χ0) is 9.02. The number of hydrogen-bond donors (Lipinski definition) is 1. The van der Waals surface area contributed by atoms with Crippen molar-refractivity contribution in [3.63, 3.8) is 0 Å². The number of carbonyl (C=O) groups excluding carboxylic acids is 1. The summed E-state index contributed by atoms with van der Waals surface area (Å²) in [5.41, 5.74) is 0. The fourth-order valence-corrected chi connectivity index (χ4v) is 0.667. The first kappa shape index (κ1) is 10.4. The van der Waals surface area contributed by atoms with E-state index in [0.717, 1.165) is 0 Å². The number of halogens is 1. The number of amides is 1. The summed E-state index contributed by atoms with van der Waals surface area (Å²) in [5.74, 6) is -0.747. The summed E-state index contributed by atoms with van der Waals surface area (Å²) >= 11 is 0. The van der Waals surface area contributed by atoms with Gasteiger partial charge in [-0.25, -0.2) is 4.39 Å². The normalized spacial score (nSPS) is 13.7. The largest absolute Gasteiger partial charge is 0.351 e. The van der Waals surface area contributed by atoms with E-state index in [2.05, 4.69) is 5.32 Å². The molecule has 2 nitrogen and oxygen atoms in total. The van der Waals surface area contributed by atoms with E-state index in [1.54, 1.807) is 13.8 Å². The highest BCUT2D eigenvalue weighted by atomic mass is 19.1. The van der Waals surface area contributed by atoms with Crippen LogP contribution in [0, 0.1) is 5.92 Å². The Morgan fingerprint density at radius 1 is 1.27 bits per heavy atom. The molecule has 0 spiro atoms. The fourth-order valence-electron chi connectivity index (χ4n) is 0.667. The highest BCUT2D eigenvalue weighted by molar-refractivity contribution is 5.81. The van der Waals surface area contributed by atoms with Crippen LogP contribution >= 0.6 is 0 Å². The fraction of sp³-hybridized carbons (Fsp3) is 0.875. The first-order valence-corrected chi connectivity index (χ1v) is 3.89. The average molecular weight is 161 g/mol. The van der Waals surface area contributed by atoms with Gasteiger partial charge in [0.2, 0.25) is 0 Å². The maximum Gasteiger partial charge on any atom is 0.255 e. The van der Waals surface area contributed by atoms with Crippen molar-refractivity contribution in [2.75, 3.05) is 0 Å². The number of alkyl halides is 1. The lowest BCUT2D eigenvalue weighted by Gasteiger charge is -2.13. The molecule has 0 radical (unpaired) electrons. The molecule has 0 bridgehead atoms. The highest BCUT2D eigenvalue weighted by Crippen LogP contribution is 2.05. The Kier molecular flexibility index (Phi) is 4.08. The van der Waals surface area contributed by atoms with E-state index in [0.29, 0.717) is 0 Å². The first-order valence-electron chi connectivity index (χ1n) is 3.89. The SMILES string of the molecule is CC(C)NC(=O)[C@@H](F)C(C)C. The summed E-state index contributed by atoms with van der Waals surface area (Å²) < 4.78 is 12.9. The molecule has 0 heterocycles. The molecule has 1 amide bonds. The van der Waals surface area contributed by atoms with Gasteiger partial charge in [0.1, 0.15) is 0 Å². The second-order valence-electron chi connectivity index (χ2n) is 3.31. The maximum atomic E-state index is 12.9. The van der Waals surface area contributed by atoms with Crippen LogP contribution in [-0.4, -0.2) is 18.1 Å². The van der Waals surface area contributed by atoms with Gasteiger partial charge in [-0.3, -0.25) is 4.79 Å². The molecule has 0 saturated heterocycles. The third kappa shape index (κ3) is 3.96. The van der Waals surface area contributed by atoms with Gasteiger partial charge >= 0.3 is 0 Å². The first-order chi connectivity index (χ1) is 4.95. The van der Waals surface area contributed by atoms with Gasteiger partial charge < -0.3 is 5.32 Å². The minimum atomic E-state index is -1.38. The lowest BCUT2D eigenvalue weighted by atomic mass is 10.1. The summed E-state index contributed by atoms with van der Waals surface area (Å²) in [7, 11) is 0. The molecule has 1 atom stereocenters. The zero-order valence-electron chi connectivity index (χ0n) is 7.52. The van der Waals surface area contributed by atoms with Gasteiger partial charge in [-0.2, -0.15) is 0 Å². The van der Waals surface area contributed by atoms with Crippen LogP contribution in [0.1, 0.15) is 27.7 Å². The zero-order valence-corrected chi connectivity index (χ0v) is 7.52. The topological polar surface area (TPSA) is 29.1 Å². The molecule has 0 fully saturated rings. The molecule has 0 aromatic heterocycles. The van der Waals surface area contributed by atoms with Crippen LogP contribution < -0.4 is 5.32 Å². The van der Waals surface area contributed by atoms with Crippen LogP contribution in [0.25, 0.3) is 0 Å². The summed E-state index contributed by atoms with van der Waals surface area (Å²) in [4.78, 5) is 10.9. The second kappa shape index (κ2) is 4.31. The predicted octanol–water partition coefficient (Wildman–Crippen LogP) is 1.51. The third-order valence-electron chi connectivity index (χ3n) is 1.27. The predicted molar refractivity (Wildman–Crippen MR) is 43.0 cm³/mol. The molecule has 3 heteroatoms. The molecule has 0 rings (SSSR count). The van der Waals surface area contributed by atoms with E-state index < -0.39 is 12.1 Å². The summed E-state index contributed by atoms with van der Waals surface area (Å²) in [6.07, 6.45) is -1.38. The van der Waals surface area contributed by atoms with Gasteiger partial charge in [0, 0.05) is 6.04 Å². The van der Waals surface area contributed by atoms with Crippen LogP contribution in [0.4, 0.5) is 4.39 Å². The van der Waals surface area contributed by atoms with Gasteiger partial charge in [-0.1, -0.05) is 13.8 Å². The van der Waals surface area contributed by atoms with Gasteiger partial charge in [0.15, 0.2) is 6.17 Å².